The third-order valence-corrected chi connectivity index (χ3v) is 4.76. The first-order valence-corrected chi connectivity index (χ1v) is 6.40. The number of ether oxygens (including phenoxy) is 1. The molecular formula is C6H12BOS2. The molecule has 0 saturated carbocycles. The van der Waals surface area contributed by atoms with Crippen LogP contribution in [-0.2, 0) is 23.9 Å². The van der Waals surface area contributed by atoms with Gasteiger partial charge in [-0.1, -0.05) is 0 Å². The monoisotopic (exact) mass is 175 g/mol. The summed E-state index contributed by atoms with van der Waals surface area (Å²) in [6, 6.07) is 0. The fourth-order valence-corrected chi connectivity index (χ4v) is 3.25. The third-order valence-electron chi connectivity index (χ3n) is 1.90. The van der Waals surface area contributed by atoms with Gasteiger partial charge >= 0.3 is 68.2 Å². The molecule has 0 aliphatic carbocycles. The molecule has 1 rings (SSSR count). The van der Waals surface area contributed by atoms with Crippen LogP contribution in [0.5, 0.6) is 0 Å². The molecule has 0 aromatic carbocycles. The van der Waals surface area contributed by atoms with Crippen molar-refractivity contribution in [3.05, 3.63) is 0 Å². The van der Waals surface area contributed by atoms with Crippen molar-refractivity contribution in [3.8, 4) is 0 Å². The average Bonchev–Trinajstić information content (AvgIpc) is 1.88. The first-order chi connectivity index (χ1) is 4.64. The first-order valence-electron chi connectivity index (χ1n) is 3.44. The molecule has 1 fully saturated rings. The second-order valence-electron chi connectivity index (χ2n) is 2.71. The Balaban J connectivity index is 2.46. The molecule has 1 aliphatic rings. The molecule has 0 atom stereocenters. The molecule has 0 bridgehead atoms. The zero-order valence-electron chi connectivity index (χ0n) is 6.21. The number of hydrogen-bond acceptors (Lipinski definition) is 2. The van der Waals surface area contributed by atoms with Crippen LogP contribution >= 0.6 is 0 Å². The van der Waals surface area contributed by atoms with Crippen LogP contribution < -0.4 is 0 Å². The van der Waals surface area contributed by atoms with Gasteiger partial charge in [-0.15, -0.1) is 0 Å². The van der Waals surface area contributed by atoms with E-state index in [2.05, 4.69) is 0 Å². The predicted molar refractivity (Wildman–Crippen MR) is 50.2 cm³/mol. The first kappa shape index (κ1) is 8.69. The van der Waals surface area contributed by atoms with E-state index in [0.29, 0.717) is 6.10 Å². The Morgan fingerprint density at radius 3 is 2.40 bits per heavy atom. The summed E-state index contributed by atoms with van der Waals surface area (Å²) in [6.45, 7) is 5.84. The van der Waals surface area contributed by atoms with Crippen LogP contribution in [0.3, 0.4) is 0 Å². The van der Waals surface area contributed by atoms with Crippen LogP contribution in [0, 0.1) is 0 Å². The Hall–Kier alpha value is 0.595. The van der Waals surface area contributed by atoms with E-state index in [1.54, 1.807) is 7.11 Å². The van der Waals surface area contributed by atoms with Crippen molar-refractivity contribution in [2.75, 3.05) is 18.6 Å². The van der Waals surface area contributed by atoms with Gasteiger partial charge in [0, 0.05) is 0 Å². The summed E-state index contributed by atoms with van der Waals surface area (Å²) in [7, 11) is 0.634. The summed E-state index contributed by atoms with van der Waals surface area (Å²) in [4.78, 5) is 0. The van der Waals surface area contributed by atoms with Crippen LogP contribution in [0.2, 0.25) is 0 Å². The fourth-order valence-electron chi connectivity index (χ4n) is 1.14. The van der Waals surface area contributed by atoms with Crippen molar-refractivity contribution in [2.45, 2.75) is 18.9 Å². The van der Waals surface area contributed by atoms with Crippen molar-refractivity contribution in [2.24, 2.45) is 0 Å². The Morgan fingerprint density at radius 1 is 1.50 bits per heavy atom. The summed E-state index contributed by atoms with van der Waals surface area (Å²) in [6.07, 6.45) is 2.55. The maximum absolute atomic E-state index is 5.84. The zero-order chi connectivity index (χ0) is 7.61. The summed E-state index contributed by atoms with van der Waals surface area (Å²) in [5, 5.41) is 0. The Kier molecular flexibility index (Phi) is 2.89. The molecule has 0 spiro atoms. The molecule has 0 N–H and O–H groups in total. The molecular weight excluding hydrogens is 163 g/mol. The SMILES string of the molecule is [B]=S1(=S)CCC(OC)CC1. The molecule has 4 heteroatoms. The molecule has 1 aliphatic heterocycles. The van der Waals surface area contributed by atoms with E-state index in [4.69, 9.17) is 22.6 Å². The standard InChI is InChI=1S/C6H12BOS2/c1-8-6-2-4-10(7,9)5-3-6/h6H,2-5H2,1H3. The van der Waals surface area contributed by atoms with Crippen LogP contribution in [0.4, 0.5) is 0 Å². The van der Waals surface area contributed by atoms with Gasteiger partial charge in [-0.05, 0) is 0 Å². The van der Waals surface area contributed by atoms with E-state index in [1.165, 1.54) is 0 Å². The van der Waals surface area contributed by atoms with Crippen LogP contribution in [-0.4, -0.2) is 31.4 Å². The Labute approximate surface area is 68.6 Å². The summed E-state index contributed by atoms with van der Waals surface area (Å²) < 4.78 is 5.20. The number of hydrogen-bond donors (Lipinski definition) is 0. The van der Waals surface area contributed by atoms with Crippen LogP contribution in [0.25, 0.3) is 0 Å². The van der Waals surface area contributed by atoms with E-state index < -0.39 is 8.01 Å². The van der Waals surface area contributed by atoms with Gasteiger partial charge in [-0.3, -0.25) is 0 Å². The van der Waals surface area contributed by atoms with Crippen LogP contribution in [0.15, 0.2) is 0 Å². The molecule has 0 amide bonds. The second-order valence-corrected chi connectivity index (χ2v) is 7.26. The topological polar surface area (TPSA) is 9.23 Å². The Morgan fingerprint density at radius 2 is 2.00 bits per heavy atom. The van der Waals surface area contributed by atoms with Gasteiger partial charge in [0.2, 0.25) is 0 Å². The van der Waals surface area contributed by atoms with E-state index in [9.17, 15) is 0 Å². The van der Waals surface area contributed by atoms with Gasteiger partial charge in [0.25, 0.3) is 0 Å². The fraction of sp³-hybridized carbons (Fsp3) is 1.00. The van der Waals surface area contributed by atoms with Gasteiger partial charge in [-0.2, -0.15) is 0 Å². The molecule has 0 aromatic heterocycles. The molecule has 1 heterocycles. The summed E-state index contributed by atoms with van der Waals surface area (Å²) in [5.41, 5.74) is 0. The molecule has 0 aromatic rings. The van der Waals surface area contributed by atoms with Gasteiger partial charge < -0.3 is 0 Å². The minimum atomic E-state index is -1.12. The quantitative estimate of drug-likeness (QED) is 0.536. The van der Waals surface area contributed by atoms with Crippen molar-refractivity contribution in [3.63, 3.8) is 0 Å². The molecule has 1 radical (unpaired) electrons. The van der Waals surface area contributed by atoms with E-state index in [0.717, 1.165) is 24.3 Å². The normalized spacial score (nSPS) is 41.4. The molecule has 57 valence electrons. The van der Waals surface area contributed by atoms with Crippen molar-refractivity contribution in [1.82, 2.24) is 0 Å². The van der Waals surface area contributed by atoms with Gasteiger partial charge in [-0.25, -0.2) is 0 Å². The molecule has 1 nitrogen and oxygen atoms in total. The van der Waals surface area contributed by atoms with Crippen molar-refractivity contribution in [1.29, 1.82) is 0 Å². The minimum absolute atomic E-state index is 0.423. The summed E-state index contributed by atoms with van der Waals surface area (Å²) in [5.74, 6) is 2.00. The van der Waals surface area contributed by atoms with Gasteiger partial charge in [0.1, 0.15) is 0 Å². The second kappa shape index (κ2) is 3.33. The van der Waals surface area contributed by atoms with E-state index in [1.807, 2.05) is 0 Å². The van der Waals surface area contributed by atoms with Gasteiger partial charge in [0.15, 0.2) is 0 Å². The number of methoxy groups -OCH3 is 1. The van der Waals surface area contributed by atoms with Crippen LogP contribution in [0.1, 0.15) is 12.8 Å². The van der Waals surface area contributed by atoms with E-state index >= 15 is 0 Å². The predicted octanol–water partition coefficient (Wildman–Crippen LogP) is 0.495. The molecule has 1 saturated heterocycles. The Bertz CT molecular complexity index is 184. The average molecular weight is 175 g/mol. The molecule has 10 heavy (non-hydrogen) atoms. The molecule has 0 unspecified atom stereocenters. The van der Waals surface area contributed by atoms with Crippen molar-refractivity contribution >= 4 is 25.9 Å². The summed E-state index contributed by atoms with van der Waals surface area (Å²) >= 11 is 5.20. The zero-order valence-corrected chi connectivity index (χ0v) is 7.84. The number of rotatable bonds is 1. The van der Waals surface area contributed by atoms with Crippen molar-refractivity contribution < 1.29 is 4.74 Å². The maximum atomic E-state index is 5.84. The third kappa shape index (κ3) is 2.33. The van der Waals surface area contributed by atoms with E-state index in [-0.39, 0.29) is 0 Å². The van der Waals surface area contributed by atoms with Gasteiger partial charge in [0.05, 0.1) is 0 Å².